The summed E-state index contributed by atoms with van der Waals surface area (Å²) in [6.07, 6.45) is 0.789. The molecule has 0 saturated carbocycles. The van der Waals surface area contributed by atoms with E-state index in [9.17, 15) is 9.59 Å². The Kier molecular flexibility index (Phi) is 5.15. The Morgan fingerprint density at radius 2 is 1.96 bits per heavy atom. The summed E-state index contributed by atoms with van der Waals surface area (Å²) >= 11 is 0. The molecule has 0 radical (unpaired) electrons. The molecule has 0 aliphatic carbocycles. The van der Waals surface area contributed by atoms with E-state index < -0.39 is 0 Å². The molecular weight excluding hydrogens is 356 g/mol. The van der Waals surface area contributed by atoms with Gasteiger partial charge in [-0.1, -0.05) is 32.0 Å². The first-order valence-corrected chi connectivity index (χ1v) is 9.74. The van der Waals surface area contributed by atoms with E-state index in [2.05, 4.69) is 35.1 Å². The second kappa shape index (κ2) is 7.73. The quantitative estimate of drug-likeness (QED) is 0.743. The lowest BCUT2D eigenvalue weighted by molar-refractivity contribution is -0.134. The lowest BCUT2D eigenvalue weighted by atomic mass is 9.99. The number of para-hydroxylation sites is 1. The zero-order valence-corrected chi connectivity index (χ0v) is 16.2. The standard InChI is InChI=1S/C20H26N6O2/c1-13(2)16-11-18(23-22-16)20(28)25-8-9-26-15(12-25)10-17(24-26)19(27)21-14-6-4-3-5-7-14/h3-7,10,13,16,18,22-23H,8-9,11-12H2,1-2H3,(H,21,27). The Bertz CT molecular complexity index is 863. The Morgan fingerprint density at radius 3 is 2.68 bits per heavy atom. The molecule has 2 atom stereocenters. The summed E-state index contributed by atoms with van der Waals surface area (Å²) < 4.78 is 1.82. The highest BCUT2D eigenvalue weighted by Gasteiger charge is 2.35. The lowest BCUT2D eigenvalue weighted by Crippen LogP contribution is -2.48. The average molecular weight is 382 g/mol. The van der Waals surface area contributed by atoms with E-state index in [1.807, 2.05) is 39.9 Å². The molecule has 1 fully saturated rings. The van der Waals surface area contributed by atoms with E-state index in [-0.39, 0.29) is 17.9 Å². The Morgan fingerprint density at radius 1 is 1.18 bits per heavy atom. The monoisotopic (exact) mass is 382 g/mol. The van der Waals surface area contributed by atoms with Crippen molar-refractivity contribution >= 4 is 17.5 Å². The van der Waals surface area contributed by atoms with Crippen LogP contribution in [-0.2, 0) is 17.9 Å². The number of rotatable bonds is 4. The number of carbonyl (C=O) groups excluding carboxylic acids is 2. The molecule has 2 aliphatic rings. The van der Waals surface area contributed by atoms with Gasteiger partial charge in [0, 0.05) is 18.3 Å². The zero-order chi connectivity index (χ0) is 19.7. The van der Waals surface area contributed by atoms with Crippen molar-refractivity contribution in [2.24, 2.45) is 5.92 Å². The van der Waals surface area contributed by atoms with Gasteiger partial charge in [0.2, 0.25) is 5.91 Å². The van der Waals surface area contributed by atoms with Crippen LogP contribution < -0.4 is 16.2 Å². The van der Waals surface area contributed by atoms with Crippen molar-refractivity contribution in [2.45, 2.75) is 45.4 Å². The van der Waals surface area contributed by atoms with E-state index in [0.29, 0.717) is 37.3 Å². The molecule has 148 valence electrons. The van der Waals surface area contributed by atoms with Gasteiger partial charge < -0.3 is 10.2 Å². The van der Waals surface area contributed by atoms with E-state index in [1.165, 1.54) is 0 Å². The van der Waals surface area contributed by atoms with Gasteiger partial charge in [-0.15, -0.1) is 0 Å². The number of hydrogen-bond acceptors (Lipinski definition) is 5. The van der Waals surface area contributed by atoms with Crippen LogP contribution in [0.1, 0.15) is 36.5 Å². The van der Waals surface area contributed by atoms with Gasteiger partial charge in [-0.3, -0.25) is 19.7 Å². The molecule has 8 nitrogen and oxygen atoms in total. The number of hydrazine groups is 1. The normalized spacial score (nSPS) is 21.6. The van der Waals surface area contributed by atoms with Crippen LogP contribution >= 0.6 is 0 Å². The Labute approximate surface area is 164 Å². The predicted octanol–water partition coefficient (Wildman–Crippen LogP) is 1.37. The molecule has 0 spiro atoms. The molecule has 2 amide bonds. The second-order valence-corrected chi connectivity index (χ2v) is 7.75. The molecule has 0 bridgehead atoms. The van der Waals surface area contributed by atoms with Gasteiger partial charge in [0.1, 0.15) is 6.04 Å². The molecular formula is C20H26N6O2. The highest BCUT2D eigenvalue weighted by molar-refractivity contribution is 6.02. The maximum atomic E-state index is 12.9. The van der Waals surface area contributed by atoms with Crippen molar-refractivity contribution in [3.05, 3.63) is 47.8 Å². The lowest BCUT2D eigenvalue weighted by Gasteiger charge is -2.29. The molecule has 2 aliphatic heterocycles. The van der Waals surface area contributed by atoms with Crippen LogP contribution in [0.3, 0.4) is 0 Å². The number of benzene rings is 1. The molecule has 4 rings (SSSR count). The van der Waals surface area contributed by atoms with Crippen LogP contribution in [0.2, 0.25) is 0 Å². The smallest absolute Gasteiger partial charge is 0.276 e. The number of hydrogen-bond donors (Lipinski definition) is 3. The predicted molar refractivity (Wildman–Crippen MR) is 105 cm³/mol. The SMILES string of the molecule is CC(C)C1CC(C(=O)N2CCn3nc(C(=O)Nc4ccccc4)cc3C2)NN1. The molecule has 28 heavy (non-hydrogen) atoms. The van der Waals surface area contributed by atoms with Crippen molar-refractivity contribution in [1.29, 1.82) is 0 Å². The molecule has 1 aromatic heterocycles. The number of anilines is 1. The minimum atomic E-state index is -0.243. The third-order valence-electron chi connectivity index (χ3n) is 5.41. The Hall–Kier alpha value is -2.71. The molecule has 2 aromatic rings. The van der Waals surface area contributed by atoms with Crippen LogP contribution in [-0.4, -0.2) is 45.1 Å². The van der Waals surface area contributed by atoms with Crippen molar-refractivity contribution in [1.82, 2.24) is 25.5 Å². The first kappa shape index (κ1) is 18.6. The number of amides is 2. The largest absolute Gasteiger partial charge is 0.334 e. The minimum Gasteiger partial charge on any atom is -0.334 e. The first-order valence-electron chi connectivity index (χ1n) is 9.74. The third kappa shape index (κ3) is 3.79. The summed E-state index contributed by atoms with van der Waals surface area (Å²) in [6.45, 7) is 5.95. The van der Waals surface area contributed by atoms with E-state index in [1.54, 1.807) is 6.07 Å². The number of nitrogens with one attached hydrogen (secondary N) is 3. The van der Waals surface area contributed by atoms with Crippen LogP contribution in [0.15, 0.2) is 36.4 Å². The second-order valence-electron chi connectivity index (χ2n) is 7.75. The summed E-state index contributed by atoms with van der Waals surface area (Å²) in [5.41, 5.74) is 8.33. The molecule has 3 heterocycles. The number of carbonyl (C=O) groups is 2. The Balaban J connectivity index is 1.40. The highest BCUT2D eigenvalue weighted by Crippen LogP contribution is 2.19. The summed E-state index contributed by atoms with van der Waals surface area (Å²) in [4.78, 5) is 27.2. The molecule has 3 N–H and O–H groups in total. The van der Waals surface area contributed by atoms with Crippen LogP contribution in [0.25, 0.3) is 0 Å². The van der Waals surface area contributed by atoms with Gasteiger partial charge in [-0.2, -0.15) is 5.10 Å². The molecule has 8 heteroatoms. The van der Waals surface area contributed by atoms with E-state index in [0.717, 1.165) is 17.8 Å². The fraction of sp³-hybridized carbons (Fsp3) is 0.450. The van der Waals surface area contributed by atoms with Crippen LogP contribution in [0.4, 0.5) is 5.69 Å². The number of fused-ring (bicyclic) bond motifs is 1. The maximum Gasteiger partial charge on any atom is 0.276 e. The van der Waals surface area contributed by atoms with Crippen molar-refractivity contribution in [2.75, 3.05) is 11.9 Å². The highest BCUT2D eigenvalue weighted by atomic mass is 16.2. The van der Waals surface area contributed by atoms with Crippen molar-refractivity contribution < 1.29 is 9.59 Å². The topological polar surface area (TPSA) is 91.3 Å². The van der Waals surface area contributed by atoms with Gasteiger partial charge in [0.05, 0.1) is 18.8 Å². The van der Waals surface area contributed by atoms with Gasteiger partial charge in [0.25, 0.3) is 5.91 Å². The summed E-state index contributed by atoms with van der Waals surface area (Å²) in [5, 5.41) is 7.26. The van der Waals surface area contributed by atoms with Gasteiger partial charge in [-0.25, -0.2) is 5.43 Å². The minimum absolute atomic E-state index is 0.0957. The van der Waals surface area contributed by atoms with Crippen molar-refractivity contribution in [3.63, 3.8) is 0 Å². The van der Waals surface area contributed by atoms with E-state index >= 15 is 0 Å². The van der Waals surface area contributed by atoms with Crippen LogP contribution in [0, 0.1) is 5.92 Å². The van der Waals surface area contributed by atoms with Crippen LogP contribution in [0.5, 0.6) is 0 Å². The first-order chi connectivity index (χ1) is 13.5. The zero-order valence-electron chi connectivity index (χ0n) is 16.2. The third-order valence-corrected chi connectivity index (χ3v) is 5.41. The molecule has 1 aromatic carbocycles. The summed E-state index contributed by atoms with van der Waals surface area (Å²) in [6, 6.07) is 11.2. The molecule has 2 unspecified atom stereocenters. The molecule has 1 saturated heterocycles. The average Bonchev–Trinajstić information content (AvgIpc) is 3.35. The fourth-order valence-corrected chi connectivity index (χ4v) is 3.68. The summed E-state index contributed by atoms with van der Waals surface area (Å²) in [5.74, 6) is 0.324. The number of aromatic nitrogens is 2. The van der Waals surface area contributed by atoms with Gasteiger partial charge in [0.15, 0.2) is 5.69 Å². The number of nitrogens with zero attached hydrogens (tertiary/aromatic N) is 3. The van der Waals surface area contributed by atoms with Gasteiger partial charge in [-0.05, 0) is 30.5 Å². The van der Waals surface area contributed by atoms with Gasteiger partial charge >= 0.3 is 0 Å². The maximum absolute atomic E-state index is 12.9. The van der Waals surface area contributed by atoms with E-state index in [4.69, 9.17) is 0 Å². The fourth-order valence-electron chi connectivity index (χ4n) is 3.68. The summed E-state index contributed by atoms with van der Waals surface area (Å²) in [7, 11) is 0. The van der Waals surface area contributed by atoms with Crippen molar-refractivity contribution in [3.8, 4) is 0 Å².